The predicted octanol–water partition coefficient (Wildman–Crippen LogP) is 3.39. The Morgan fingerprint density at radius 2 is 1.59 bits per heavy atom. The van der Waals surface area contributed by atoms with E-state index in [1.165, 1.54) is 12.1 Å². The maximum absolute atomic E-state index is 12.7. The monoisotopic (exact) mass is 368 g/mol. The topological polar surface area (TPSA) is 95.5 Å². The van der Waals surface area contributed by atoms with Crippen LogP contribution in [0.2, 0.25) is 0 Å². The standard InChI is InChI=1S/C21H24N2O4/c1-12(2)18(23-19(24)16-8-6-5-7-13(16)3)20(25)22-15-9-10-17(21(26)27)14(4)11-15/h5-12,18H,1-4H3,(H,22,25)(H,23,24)(H,26,27). The molecule has 0 saturated carbocycles. The highest BCUT2D eigenvalue weighted by Gasteiger charge is 2.25. The van der Waals surface area contributed by atoms with Crippen LogP contribution in [0.1, 0.15) is 45.7 Å². The van der Waals surface area contributed by atoms with E-state index in [4.69, 9.17) is 5.11 Å². The number of carboxylic acids is 1. The number of aryl methyl sites for hydroxylation is 2. The molecule has 3 N–H and O–H groups in total. The lowest BCUT2D eigenvalue weighted by Crippen LogP contribution is -2.47. The molecule has 0 aliphatic heterocycles. The SMILES string of the molecule is Cc1cc(NC(=O)C(NC(=O)c2ccccc2C)C(C)C)ccc1C(=O)O. The van der Waals surface area contributed by atoms with Crippen LogP contribution in [0.5, 0.6) is 0 Å². The van der Waals surface area contributed by atoms with Crippen molar-refractivity contribution in [1.82, 2.24) is 5.32 Å². The summed E-state index contributed by atoms with van der Waals surface area (Å²) in [6.45, 7) is 7.20. The summed E-state index contributed by atoms with van der Waals surface area (Å²) in [6, 6.07) is 11.0. The number of benzene rings is 2. The third-order valence-electron chi connectivity index (χ3n) is 4.35. The summed E-state index contributed by atoms with van der Waals surface area (Å²) < 4.78 is 0. The van der Waals surface area contributed by atoms with Crippen LogP contribution in [0.25, 0.3) is 0 Å². The largest absolute Gasteiger partial charge is 0.478 e. The Kier molecular flexibility index (Phi) is 6.34. The molecule has 142 valence electrons. The molecule has 1 atom stereocenters. The first-order chi connectivity index (χ1) is 12.7. The van der Waals surface area contributed by atoms with Crippen LogP contribution < -0.4 is 10.6 Å². The average Bonchev–Trinajstić information content (AvgIpc) is 2.59. The van der Waals surface area contributed by atoms with Crippen molar-refractivity contribution >= 4 is 23.5 Å². The van der Waals surface area contributed by atoms with Crippen molar-refractivity contribution in [3.05, 3.63) is 64.7 Å². The van der Waals surface area contributed by atoms with Crippen molar-refractivity contribution in [3.8, 4) is 0 Å². The summed E-state index contributed by atoms with van der Waals surface area (Å²) in [6.07, 6.45) is 0. The lowest BCUT2D eigenvalue weighted by Gasteiger charge is -2.22. The van der Waals surface area contributed by atoms with Crippen molar-refractivity contribution < 1.29 is 19.5 Å². The van der Waals surface area contributed by atoms with E-state index >= 15 is 0 Å². The number of carboxylic acid groups (broad SMARTS) is 1. The number of hydrogen-bond donors (Lipinski definition) is 3. The molecule has 0 saturated heterocycles. The first-order valence-corrected chi connectivity index (χ1v) is 8.72. The Labute approximate surface area is 158 Å². The van der Waals surface area contributed by atoms with E-state index < -0.39 is 12.0 Å². The van der Waals surface area contributed by atoms with Gasteiger partial charge in [-0.2, -0.15) is 0 Å². The van der Waals surface area contributed by atoms with E-state index in [-0.39, 0.29) is 23.3 Å². The summed E-state index contributed by atoms with van der Waals surface area (Å²) in [4.78, 5) is 36.3. The highest BCUT2D eigenvalue weighted by Crippen LogP contribution is 2.17. The zero-order valence-electron chi connectivity index (χ0n) is 15.9. The van der Waals surface area contributed by atoms with Crippen LogP contribution in [0.15, 0.2) is 42.5 Å². The molecule has 0 aliphatic rings. The fourth-order valence-corrected chi connectivity index (χ4v) is 2.78. The van der Waals surface area contributed by atoms with Crippen molar-refractivity contribution in [3.63, 3.8) is 0 Å². The first kappa shape index (κ1) is 20.2. The fraction of sp³-hybridized carbons (Fsp3) is 0.286. The van der Waals surface area contributed by atoms with Crippen molar-refractivity contribution in [2.45, 2.75) is 33.7 Å². The quantitative estimate of drug-likeness (QED) is 0.728. The Hall–Kier alpha value is -3.15. The van der Waals surface area contributed by atoms with Crippen LogP contribution >= 0.6 is 0 Å². The number of carbonyl (C=O) groups is 3. The van der Waals surface area contributed by atoms with Crippen LogP contribution in [0.3, 0.4) is 0 Å². The van der Waals surface area contributed by atoms with E-state index in [1.54, 1.807) is 25.1 Å². The molecule has 27 heavy (non-hydrogen) atoms. The third-order valence-corrected chi connectivity index (χ3v) is 4.35. The Bertz CT molecular complexity index is 874. The van der Waals surface area contributed by atoms with E-state index in [1.807, 2.05) is 32.9 Å². The number of carbonyl (C=O) groups excluding carboxylic acids is 2. The number of anilines is 1. The second-order valence-electron chi connectivity index (χ2n) is 6.83. The van der Waals surface area contributed by atoms with E-state index in [0.29, 0.717) is 16.8 Å². The lowest BCUT2D eigenvalue weighted by atomic mass is 10.0. The zero-order valence-corrected chi connectivity index (χ0v) is 15.9. The molecular formula is C21H24N2O4. The van der Waals surface area contributed by atoms with Gasteiger partial charge in [-0.1, -0.05) is 32.0 Å². The van der Waals surface area contributed by atoms with E-state index in [2.05, 4.69) is 10.6 Å². The number of hydrogen-bond acceptors (Lipinski definition) is 3. The molecule has 0 bridgehead atoms. The predicted molar refractivity (Wildman–Crippen MR) is 104 cm³/mol. The molecule has 0 spiro atoms. The molecule has 0 heterocycles. The smallest absolute Gasteiger partial charge is 0.335 e. The molecule has 2 amide bonds. The van der Waals surface area contributed by atoms with Gasteiger partial charge in [0.05, 0.1) is 5.56 Å². The molecule has 2 aromatic carbocycles. The molecule has 0 fully saturated rings. The van der Waals surface area contributed by atoms with Crippen molar-refractivity contribution in [1.29, 1.82) is 0 Å². The summed E-state index contributed by atoms with van der Waals surface area (Å²) >= 11 is 0. The number of aromatic carboxylic acids is 1. The Balaban J connectivity index is 2.16. The van der Waals surface area contributed by atoms with E-state index in [9.17, 15) is 14.4 Å². The normalized spacial score (nSPS) is 11.7. The van der Waals surface area contributed by atoms with Crippen LogP contribution in [-0.2, 0) is 4.79 Å². The van der Waals surface area contributed by atoms with Crippen LogP contribution in [0, 0.1) is 19.8 Å². The second kappa shape index (κ2) is 8.49. The van der Waals surface area contributed by atoms with Gasteiger partial charge in [-0.15, -0.1) is 0 Å². The number of rotatable bonds is 6. The van der Waals surface area contributed by atoms with Gasteiger partial charge in [-0.3, -0.25) is 9.59 Å². The zero-order chi connectivity index (χ0) is 20.1. The highest BCUT2D eigenvalue weighted by atomic mass is 16.4. The summed E-state index contributed by atoms with van der Waals surface area (Å²) in [5.41, 5.74) is 2.57. The van der Waals surface area contributed by atoms with Gasteiger partial charge in [0.1, 0.15) is 6.04 Å². The molecule has 0 radical (unpaired) electrons. The lowest BCUT2D eigenvalue weighted by molar-refractivity contribution is -0.118. The van der Waals surface area contributed by atoms with Gasteiger partial charge < -0.3 is 15.7 Å². The fourth-order valence-electron chi connectivity index (χ4n) is 2.78. The van der Waals surface area contributed by atoms with E-state index in [0.717, 1.165) is 5.56 Å². The van der Waals surface area contributed by atoms with Gasteiger partial charge in [-0.05, 0) is 55.2 Å². The first-order valence-electron chi connectivity index (χ1n) is 8.72. The van der Waals surface area contributed by atoms with Gasteiger partial charge in [0.15, 0.2) is 0 Å². The van der Waals surface area contributed by atoms with Crippen molar-refractivity contribution in [2.75, 3.05) is 5.32 Å². The van der Waals surface area contributed by atoms with Gasteiger partial charge in [0.25, 0.3) is 5.91 Å². The maximum atomic E-state index is 12.7. The van der Waals surface area contributed by atoms with Crippen LogP contribution in [-0.4, -0.2) is 28.9 Å². The van der Waals surface area contributed by atoms with Gasteiger partial charge in [-0.25, -0.2) is 4.79 Å². The molecule has 2 rings (SSSR count). The molecular weight excluding hydrogens is 344 g/mol. The second-order valence-corrected chi connectivity index (χ2v) is 6.83. The molecule has 6 nitrogen and oxygen atoms in total. The van der Waals surface area contributed by atoms with Crippen LogP contribution in [0.4, 0.5) is 5.69 Å². The number of nitrogens with one attached hydrogen (secondary N) is 2. The molecule has 1 unspecified atom stereocenters. The molecule has 2 aromatic rings. The maximum Gasteiger partial charge on any atom is 0.335 e. The molecule has 6 heteroatoms. The van der Waals surface area contributed by atoms with Crippen molar-refractivity contribution in [2.24, 2.45) is 5.92 Å². The summed E-state index contributed by atoms with van der Waals surface area (Å²) in [5, 5.41) is 14.6. The minimum Gasteiger partial charge on any atom is -0.478 e. The number of amides is 2. The summed E-state index contributed by atoms with van der Waals surface area (Å²) in [7, 11) is 0. The highest BCUT2D eigenvalue weighted by molar-refractivity contribution is 6.02. The summed E-state index contributed by atoms with van der Waals surface area (Å²) in [5.74, 6) is -1.80. The molecule has 0 aromatic heterocycles. The minimum absolute atomic E-state index is 0.127. The van der Waals surface area contributed by atoms with Gasteiger partial charge >= 0.3 is 5.97 Å². The Morgan fingerprint density at radius 3 is 2.15 bits per heavy atom. The minimum atomic E-state index is -1.02. The van der Waals surface area contributed by atoms with Gasteiger partial charge in [0.2, 0.25) is 5.91 Å². The average molecular weight is 368 g/mol. The molecule has 0 aliphatic carbocycles. The van der Waals surface area contributed by atoms with Gasteiger partial charge in [0, 0.05) is 11.3 Å². The third kappa shape index (κ3) is 4.94. The Morgan fingerprint density at radius 1 is 0.926 bits per heavy atom.